The number of carbonyl (C=O) groups is 1. The normalized spacial score (nSPS) is 17.9. The van der Waals surface area contributed by atoms with Crippen molar-refractivity contribution in [3.8, 4) is 0 Å². The van der Waals surface area contributed by atoms with Gasteiger partial charge in [0.2, 0.25) is 5.91 Å². The molecular weight excluding hydrogens is 257 g/mol. The highest BCUT2D eigenvalue weighted by atomic mass is 19.1. The van der Waals surface area contributed by atoms with Crippen LogP contribution in [0, 0.1) is 11.7 Å². The zero-order valence-electron chi connectivity index (χ0n) is 12.0. The van der Waals surface area contributed by atoms with Gasteiger partial charge in [-0.05, 0) is 31.2 Å². The molecule has 1 fully saturated rings. The molecule has 1 aromatic rings. The van der Waals surface area contributed by atoms with Crippen LogP contribution in [0.15, 0.2) is 24.3 Å². The van der Waals surface area contributed by atoms with Crippen molar-refractivity contribution in [1.29, 1.82) is 0 Å². The number of aliphatic hydroxyl groups excluding tert-OH is 1. The molecule has 0 aromatic heterocycles. The number of nitrogens with one attached hydrogen (secondary N) is 1. The van der Waals surface area contributed by atoms with Gasteiger partial charge in [-0.15, -0.1) is 0 Å². The molecule has 0 radical (unpaired) electrons. The van der Waals surface area contributed by atoms with Crippen LogP contribution in [0.1, 0.15) is 38.7 Å². The number of aliphatic hydroxyl groups is 1. The minimum atomic E-state index is -0.700. The molecule has 0 saturated heterocycles. The first-order chi connectivity index (χ1) is 9.51. The third kappa shape index (κ3) is 2.85. The number of carbonyl (C=O) groups excluding carboxylic acids is 1. The standard InChI is InChI=1S/C16H22FNO2/c1-11(2)14(7-10-19)18-15(20)16(8-9-16)12-5-3-4-6-13(12)17/h3-6,11,14,19H,7-10H2,1-2H3,(H,18,20). The monoisotopic (exact) mass is 279 g/mol. The Kier molecular flexibility index (Phi) is 4.43. The van der Waals surface area contributed by atoms with Gasteiger partial charge in [-0.3, -0.25) is 4.79 Å². The van der Waals surface area contributed by atoms with Gasteiger partial charge in [-0.1, -0.05) is 32.0 Å². The Morgan fingerprint density at radius 2 is 2.05 bits per heavy atom. The van der Waals surface area contributed by atoms with E-state index in [4.69, 9.17) is 5.11 Å². The zero-order chi connectivity index (χ0) is 14.8. The Bertz CT molecular complexity index is 483. The number of amides is 1. The van der Waals surface area contributed by atoms with E-state index in [-0.39, 0.29) is 30.3 Å². The van der Waals surface area contributed by atoms with E-state index in [0.29, 0.717) is 24.8 Å². The van der Waals surface area contributed by atoms with E-state index >= 15 is 0 Å². The van der Waals surface area contributed by atoms with Crippen LogP contribution >= 0.6 is 0 Å². The Morgan fingerprint density at radius 1 is 1.40 bits per heavy atom. The highest BCUT2D eigenvalue weighted by Gasteiger charge is 2.53. The Morgan fingerprint density at radius 3 is 2.55 bits per heavy atom. The van der Waals surface area contributed by atoms with Crippen molar-refractivity contribution < 1.29 is 14.3 Å². The molecule has 3 nitrogen and oxygen atoms in total. The summed E-state index contributed by atoms with van der Waals surface area (Å²) in [6.45, 7) is 4.04. The summed E-state index contributed by atoms with van der Waals surface area (Å²) in [5.74, 6) is -0.194. The van der Waals surface area contributed by atoms with Crippen LogP contribution < -0.4 is 5.32 Å². The van der Waals surface area contributed by atoms with E-state index in [9.17, 15) is 9.18 Å². The molecule has 1 aliphatic carbocycles. The molecule has 1 saturated carbocycles. The third-order valence-electron chi connectivity index (χ3n) is 4.14. The summed E-state index contributed by atoms with van der Waals surface area (Å²) >= 11 is 0. The quantitative estimate of drug-likeness (QED) is 0.840. The van der Waals surface area contributed by atoms with E-state index in [1.165, 1.54) is 6.07 Å². The van der Waals surface area contributed by atoms with Crippen molar-refractivity contribution in [2.45, 2.75) is 44.6 Å². The second kappa shape index (κ2) is 5.92. The predicted octanol–water partition coefficient (Wildman–Crippen LogP) is 2.38. The Labute approximate surface area is 119 Å². The fraction of sp³-hybridized carbons (Fsp3) is 0.562. The number of hydrogen-bond donors (Lipinski definition) is 2. The van der Waals surface area contributed by atoms with Gasteiger partial charge in [0.25, 0.3) is 0 Å². The van der Waals surface area contributed by atoms with E-state index in [1.54, 1.807) is 18.2 Å². The summed E-state index contributed by atoms with van der Waals surface area (Å²) in [6.07, 6.45) is 1.89. The summed E-state index contributed by atoms with van der Waals surface area (Å²) in [6, 6.07) is 6.42. The highest BCUT2D eigenvalue weighted by molar-refractivity contribution is 5.91. The van der Waals surface area contributed by atoms with Gasteiger partial charge < -0.3 is 10.4 Å². The average Bonchev–Trinajstić information content (AvgIpc) is 3.20. The number of halogens is 1. The minimum absolute atomic E-state index is 0.0375. The second-order valence-electron chi connectivity index (χ2n) is 5.90. The average molecular weight is 279 g/mol. The number of hydrogen-bond acceptors (Lipinski definition) is 2. The lowest BCUT2D eigenvalue weighted by molar-refractivity contribution is -0.124. The molecule has 0 heterocycles. The van der Waals surface area contributed by atoms with Gasteiger partial charge in [0.15, 0.2) is 0 Å². The summed E-state index contributed by atoms with van der Waals surface area (Å²) in [7, 11) is 0. The largest absolute Gasteiger partial charge is 0.396 e. The lowest BCUT2D eigenvalue weighted by Crippen LogP contribution is -2.44. The molecule has 1 aromatic carbocycles. The van der Waals surface area contributed by atoms with Gasteiger partial charge in [-0.25, -0.2) is 4.39 Å². The maximum absolute atomic E-state index is 13.9. The first-order valence-electron chi connectivity index (χ1n) is 7.18. The molecule has 1 atom stereocenters. The lowest BCUT2D eigenvalue weighted by Gasteiger charge is -2.25. The second-order valence-corrected chi connectivity index (χ2v) is 5.90. The molecule has 110 valence electrons. The van der Waals surface area contributed by atoms with Crippen molar-refractivity contribution in [1.82, 2.24) is 5.32 Å². The van der Waals surface area contributed by atoms with Crippen LogP contribution in [0.3, 0.4) is 0 Å². The predicted molar refractivity (Wildman–Crippen MR) is 75.8 cm³/mol. The van der Waals surface area contributed by atoms with Gasteiger partial charge in [0, 0.05) is 18.2 Å². The topological polar surface area (TPSA) is 49.3 Å². The van der Waals surface area contributed by atoms with Crippen LogP contribution in [0.25, 0.3) is 0 Å². The van der Waals surface area contributed by atoms with E-state index in [2.05, 4.69) is 5.32 Å². The SMILES string of the molecule is CC(C)C(CCO)NC(=O)C1(c2ccccc2F)CC1. The molecule has 0 bridgehead atoms. The number of rotatable bonds is 6. The molecule has 1 aliphatic rings. The minimum Gasteiger partial charge on any atom is -0.396 e. The van der Waals surface area contributed by atoms with E-state index < -0.39 is 5.41 Å². The summed E-state index contributed by atoms with van der Waals surface area (Å²) in [5, 5.41) is 12.0. The van der Waals surface area contributed by atoms with Crippen molar-refractivity contribution in [3.63, 3.8) is 0 Å². The molecule has 1 unspecified atom stereocenters. The van der Waals surface area contributed by atoms with Gasteiger partial charge in [0.05, 0.1) is 5.41 Å². The van der Waals surface area contributed by atoms with E-state index in [0.717, 1.165) is 0 Å². The molecular formula is C16H22FNO2. The summed E-state index contributed by atoms with van der Waals surface area (Å²) in [5.41, 5.74) is -0.211. The fourth-order valence-corrected chi connectivity index (χ4v) is 2.61. The van der Waals surface area contributed by atoms with Gasteiger partial charge >= 0.3 is 0 Å². The molecule has 2 N–H and O–H groups in total. The van der Waals surface area contributed by atoms with Crippen LogP contribution in [0.2, 0.25) is 0 Å². The maximum Gasteiger partial charge on any atom is 0.230 e. The number of benzene rings is 1. The van der Waals surface area contributed by atoms with Crippen molar-refractivity contribution in [2.24, 2.45) is 5.92 Å². The van der Waals surface area contributed by atoms with Crippen LogP contribution in [0.4, 0.5) is 4.39 Å². The van der Waals surface area contributed by atoms with Gasteiger partial charge in [-0.2, -0.15) is 0 Å². The smallest absolute Gasteiger partial charge is 0.230 e. The molecule has 0 aliphatic heterocycles. The highest BCUT2D eigenvalue weighted by Crippen LogP contribution is 2.49. The van der Waals surface area contributed by atoms with Crippen molar-refractivity contribution in [2.75, 3.05) is 6.61 Å². The van der Waals surface area contributed by atoms with Crippen LogP contribution in [-0.4, -0.2) is 23.7 Å². The summed E-state index contributed by atoms with van der Waals surface area (Å²) in [4.78, 5) is 12.5. The Hall–Kier alpha value is -1.42. The fourth-order valence-electron chi connectivity index (χ4n) is 2.61. The molecule has 0 spiro atoms. The van der Waals surface area contributed by atoms with Crippen molar-refractivity contribution in [3.05, 3.63) is 35.6 Å². The summed E-state index contributed by atoms with van der Waals surface area (Å²) < 4.78 is 13.9. The maximum atomic E-state index is 13.9. The van der Waals surface area contributed by atoms with Crippen LogP contribution in [0.5, 0.6) is 0 Å². The first-order valence-corrected chi connectivity index (χ1v) is 7.18. The Balaban J connectivity index is 2.14. The molecule has 4 heteroatoms. The molecule has 1 amide bonds. The zero-order valence-corrected chi connectivity index (χ0v) is 12.0. The van der Waals surface area contributed by atoms with Crippen molar-refractivity contribution >= 4 is 5.91 Å². The molecule has 2 rings (SSSR count). The third-order valence-corrected chi connectivity index (χ3v) is 4.14. The lowest BCUT2D eigenvalue weighted by atomic mass is 9.92. The van der Waals surface area contributed by atoms with Crippen LogP contribution in [-0.2, 0) is 10.2 Å². The first kappa shape index (κ1) is 15.0. The van der Waals surface area contributed by atoms with E-state index in [1.807, 2.05) is 13.8 Å². The molecule has 20 heavy (non-hydrogen) atoms. The van der Waals surface area contributed by atoms with Gasteiger partial charge in [0.1, 0.15) is 5.82 Å².